The molecule has 0 bridgehead atoms. The first-order valence-electron chi connectivity index (χ1n) is 7.06. The van der Waals surface area contributed by atoms with Gasteiger partial charge in [0.05, 0.1) is 28.0 Å². The molecule has 114 valence electrons. The number of para-hydroxylation sites is 1. The Bertz CT molecular complexity index is 1030. The van der Waals surface area contributed by atoms with Gasteiger partial charge in [-0.2, -0.15) is 0 Å². The summed E-state index contributed by atoms with van der Waals surface area (Å²) in [5, 5.41) is 0.664. The van der Waals surface area contributed by atoms with Crippen molar-refractivity contribution >= 4 is 44.0 Å². The van der Waals surface area contributed by atoms with Gasteiger partial charge in [-0.3, -0.25) is 9.20 Å². The van der Waals surface area contributed by atoms with Gasteiger partial charge in [-0.05, 0) is 24.3 Å². The van der Waals surface area contributed by atoms with Crippen LogP contribution in [0.5, 0.6) is 0 Å². The number of fused-ring (bicyclic) bond motifs is 3. The van der Waals surface area contributed by atoms with Gasteiger partial charge in [0.2, 0.25) is 5.91 Å². The van der Waals surface area contributed by atoms with Crippen molar-refractivity contribution in [3.05, 3.63) is 59.2 Å². The Kier molecular flexibility index (Phi) is 3.32. The molecule has 6 heteroatoms. The maximum atomic E-state index is 11.6. The van der Waals surface area contributed by atoms with Crippen LogP contribution in [0.3, 0.4) is 0 Å². The summed E-state index contributed by atoms with van der Waals surface area (Å²) in [6, 6.07) is 15.5. The minimum Gasteiger partial charge on any atom is -0.369 e. The fourth-order valence-electron chi connectivity index (χ4n) is 2.74. The molecular formula is C17H12ClN3OS. The van der Waals surface area contributed by atoms with Gasteiger partial charge in [-0.15, -0.1) is 0 Å². The van der Waals surface area contributed by atoms with Gasteiger partial charge < -0.3 is 5.73 Å². The van der Waals surface area contributed by atoms with Crippen LogP contribution in [0, 0.1) is 0 Å². The summed E-state index contributed by atoms with van der Waals surface area (Å²) in [6.07, 6.45) is 0.139. The maximum Gasteiger partial charge on any atom is 0.223 e. The third kappa shape index (κ3) is 2.38. The van der Waals surface area contributed by atoms with E-state index in [-0.39, 0.29) is 12.3 Å². The number of thiazole rings is 1. The molecule has 2 N–H and O–H groups in total. The number of nitrogens with zero attached hydrogens (tertiary/aromatic N) is 2. The van der Waals surface area contributed by atoms with E-state index in [4.69, 9.17) is 22.3 Å². The van der Waals surface area contributed by atoms with Gasteiger partial charge in [-0.1, -0.05) is 47.2 Å². The van der Waals surface area contributed by atoms with Crippen molar-refractivity contribution in [2.75, 3.05) is 0 Å². The van der Waals surface area contributed by atoms with Crippen LogP contribution in [0.25, 0.3) is 26.4 Å². The van der Waals surface area contributed by atoms with E-state index in [0.29, 0.717) is 5.02 Å². The zero-order valence-electron chi connectivity index (χ0n) is 12.0. The van der Waals surface area contributed by atoms with Gasteiger partial charge in [0.15, 0.2) is 4.96 Å². The number of halogens is 1. The predicted molar refractivity (Wildman–Crippen MR) is 93.9 cm³/mol. The van der Waals surface area contributed by atoms with E-state index in [1.54, 1.807) is 11.3 Å². The third-order valence-electron chi connectivity index (χ3n) is 3.71. The summed E-state index contributed by atoms with van der Waals surface area (Å²) in [5.41, 5.74) is 9.01. The summed E-state index contributed by atoms with van der Waals surface area (Å²) in [6.45, 7) is 0. The second-order valence-electron chi connectivity index (χ2n) is 5.24. The van der Waals surface area contributed by atoms with Crippen LogP contribution < -0.4 is 5.73 Å². The van der Waals surface area contributed by atoms with Crippen molar-refractivity contribution in [3.63, 3.8) is 0 Å². The average molecular weight is 342 g/mol. The van der Waals surface area contributed by atoms with Gasteiger partial charge in [0, 0.05) is 10.6 Å². The van der Waals surface area contributed by atoms with E-state index in [1.807, 2.05) is 52.9 Å². The Hall–Kier alpha value is -2.37. The molecule has 4 nitrogen and oxygen atoms in total. The number of imidazole rings is 1. The molecule has 4 rings (SSSR count). The second-order valence-corrected chi connectivity index (χ2v) is 6.69. The molecular weight excluding hydrogens is 330 g/mol. The quantitative estimate of drug-likeness (QED) is 0.614. The number of nitrogens with two attached hydrogens (primary N) is 1. The summed E-state index contributed by atoms with van der Waals surface area (Å²) in [7, 11) is 0. The number of carbonyl (C=O) groups is 1. The van der Waals surface area contributed by atoms with Crippen LogP contribution in [-0.4, -0.2) is 15.3 Å². The minimum atomic E-state index is -0.378. The maximum absolute atomic E-state index is 11.6. The van der Waals surface area contributed by atoms with Crippen molar-refractivity contribution < 1.29 is 4.79 Å². The summed E-state index contributed by atoms with van der Waals surface area (Å²) >= 11 is 7.56. The van der Waals surface area contributed by atoms with E-state index in [2.05, 4.69) is 0 Å². The summed E-state index contributed by atoms with van der Waals surface area (Å²) in [5.74, 6) is -0.378. The number of aromatic nitrogens is 2. The van der Waals surface area contributed by atoms with Crippen molar-refractivity contribution in [1.29, 1.82) is 0 Å². The minimum absolute atomic E-state index is 0.139. The normalized spacial score (nSPS) is 11.3. The number of primary amides is 1. The fourth-order valence-corrected chi connectivity index (χ4v) is 3.91. The predicted octanol–water partition coefficient (Wildman–Crippen LogP) is 3.90. The molecule has 0 aliphatic rings. The highest BCUT2D eigenvalue weighted by Crippen LogP contribution is 2.33. The number of carbonyl (C=O) groups excluding carboxylic acids is 1. The van der Waals surface area contributed by atoms with E-state index >= 15 is 0 Å². The highest BCUT2D eigenvalue weighted by molar-refractivity contribution is 7.23. The number of hydrogen-bond donors (Lipinski definition) is 1. The molecule has 0 atom stereocenters. The van der Waals surface area contributed by atoms with Crippen LogP contribution in [-0.2, 0) is 11.2 Å². The molecule has 1 amide bonds. The molecule has 4 aromatic rings. The molecule has 0 unspecified atom stereocenters. The Morgan fingerprint density at radius 3 is 2.65 bits per heavy atom. The van der Waals surface area contributed by atoms with E-state index in [1.165, 1.54) is 0 Å². The number of amides is 1. The first-order valence-corrected chi connectivity index (χ1v) is 8.26. The molecule has 0 radical (unpaired) electrons. The zero-order valence-corrected chi connectivity index (χ0v) is 13.6. The lowest BCUT2D eigenvalue weighted by atomic mass is 10.1. The van der Waals surface area contributed by atoms with Crippen molar-refractivity contribution in [3.8, 4) is 11.3 Å². The first kappa shape index (κ1) is 14.2. The summed E-state index contributed by atoms with van der Waals surface area (Å²) < 4.78 is 3.15. The lowest BCUT2D eigenvalue weighted by Crippen LogP contribution is -2.15. The van der Waals surface area contributed by atoms with Crippen LogP contribution in [0.15, 0.2) is 48.5 Å². The van der Waals surface area contributed by atoms with E-state index in [9.17, 15) is 4.79 Å². The highest BCUT2D eigenvalue weighted by Gasteiger charge is 2.19. The van der Waals surface area contributed by atoms with Crippen LogP contribution in [0.4, 0.5) is 0 Å². The molecule has 0 saturated heterocycles. The number of rotatable bonds is 3. The van der Waals surface area contributed by atoms with Gasteiger partial charge in [0.25, 0.3) is 0 Å². The molecule has 2 heterocycles. The highest BCUT2D eigenvalue weighted by atomic mass is 35.5. The van der Waals surface area contributed by atoms with Gasteiger partial charge in [-0.25, -0.2) is 4.98 Å². The van der Waals surface area contributed by atoms with Crippen LogP contribution in [0.2, 0.25) is 5.02 Å². The molecule has 0 aliphatic heterocycles. The van der Waals surface area contributed by atoms with Gasteiger partial charge in [0.1, 0.15) is 0 Å². The second kappa shape index (κ2) is 5.37. The molecule has 2 aromatic heterocycles. The van der Waals surface area contributed by atoms with E-state index in [0.717, 1.165) is 32.1 Å². The SMILES string of the molecule is NC(=O)Cc1c(-c2ccc(Cl)cc2)nc2sc3ccccc3n12. The molecule has 2 aromatic carbocycles. The van der Waals surface area contributed by atoms with Crippen LogP contribution in [0.1, 0.15) is 5.69 Å². The monoisotopic (exact) mass is 341 g/mol. The van der Waals surface area contributed by atoms with Gasteiger partial charge >= 0.3 is 0 Å². The Morgan fingerprint density at radius 1 is 1.17 bits per heavy atom. The van der Waals surface area contributed by atoms with Crippen molar-refractivity contribution in [1.82, 2.24) is 9.38 Å². The lowest BCUT2D eigenvalue weighted by Gasteiger charge is -2.04. The number of hydrogen-bond acceptors (Lipinski definition) is 3. The molecule has 0 saturated carbocycles. The Morgan fingerprint density at radius 2 is 1.91 bits per heavy atom. The van der Waals surface area contributed by atoms with Crippen molar-refractivity contribution in [2.24, 2.45) is 5.73 Å². The molecule has 0 aliphatic carbocycles. The molecule has 23 heavy (non-hydrogen) atoms. The molecule has 0 spiro atoms. The fraction of sp³-hybridized carbons (Fsp3) is 0.0588. The smallest absolute Gasteiger partial charge is 0.223 e. The lowest BCUT2D eigenvalue weighted by molar-refractivity contribution is -0.117. The standard InChI is InChI=1S/C17H12ClN3OS/c18-11-7-5-10(6-8-11)16-13(9-15(19)22)21-12-3-1-2-4-14(12)23-17(21)20-16/h1-8H,9H2,(H2,19,22). The summed E-state index contributed by atoms with van der Waals surface area (Å²) in [4.78, 5) is 17.2. The third-order valence-corrected chi connectivity index (χ3v) is 4.98. The topological polar surface area (TPSA) is 60.4 Å². The number of benzene rings is 2. The van der Waals surface area contributed by atoms with Crippen LogP contribution >= 0.6 is 22.9 Å². The van der Waals surface area contributed by atoms with Crippen molar-refractivity contribution in [2.45, 2.75) is 6.42 Å². The largest absolute Gasteiger partial charge is 0.369 e. The van der Waals surface area contributed by atoms with E-state index < -0.39 is 0 Å². The average Bonchev–Trinajstić information content (AvgIpc) is 3.05. The molecule has 0 fully saturated rings. The first-order chi connectivity index (χ1) is 11.1. The Labute approximate surface area is 141 Å². The Balaban J connectivity index is 2.03. The zero-order chi connectivity index (χ0) is 16.0.